The van der Waals surface area contributed by atoms with E-state index in [-0.39, 0.29) is 36.2 Å². The molecule has 1 saturated heterocycles. The molecule has 11 atom stereocenters. The van der Waals surface area contributed by atoms with Crippen molar-refractivity contribution in [2.24, 2.45) is 16.7 Å². The zero-order chi connectivity index (χ0) is 47.0. The lowest BCUT2D eigenvalue weighted by Crippen LogP contribution is -2.82. The van der Waals surface area contributed by atoms with Crippen LogP contribution in [0.25, 0.3) is 0 Å². The molecule has 1 heterocycles. The van der Waals surface area contributed by atoms with Gasteiger partial charge in [0.2, 0.25) is 0 Å². The summed E-state index contributed by atoms with van der Waals surface area (Å²) in [5, 5.41) is 39.9. The lowest BCUT2D eigenvalue weighted by Gasteiger charge is -2.67. The van der Waals surface area contributed by atoms with Crippen LogP contribution in [-0.4, -0.2) is 117 Å². The fourth-order valence-electron chi connectivity index (χ4n) is 9.93. The van der Waals surface area contributed by atoms with E-state index in [4.69, 9.17) is 28.4 Å². The Morgan fingerprint density at radius 3 is 2.21 bits per heavy atom. The molecule has 0 radical (unpaired) electrons. The van der Waals surface area contributed by atoms with Gasteiger partial charge in [-0.2, -0.15) is 0 Å². The number of ketones is 1. The molecular weight excluding hydrogens is 819 g/mol. The van der Waals surface area contributed by atoms with Crippen LogP contribution in [0, 0.1) is 16.7 Å². The monoisotopic (exact) mass is 883 g/mol. The third-order valence-corrected chi connectivity index (χ3v) is 13.2. The number of carbonyl (C=O) groups excluding carboxylic acids is 6. The highest BCUT2D eigenvalue weighted by molar-refractivity contribution is 5.96. The molecule has 5 rings (SSSR count). The molecule has 16 nitrogen and oxygen atoms in total. The fourth-order valence-corrected chi connectivity index (χ4v) is 9.93. The molecule has 1 aromatic carbocycles. The first-order valence-corrected chi connectivity index (χ1v) is 21.7. The Balaban J connectivity index is 1.75. The van der Waals surface area contributed by atoms with Crippen molar-refractivity contribution in [3.63, 3.8) is 0 Å². The SMILES string of the molecule is CCCCCC(=O)O[C@H]1C(=O)[C@@]2(C)[C@H]([C@H](OC(=O)c3ccccc3)[C@]3(O)C[C@H](OC(=O)[C@H](O)[C@H](C=C(C)C)NC(=O)OC(C)(C)C)C(C)=C1C3(C)C)[C@]1(OC(C)=O)CO[C@@H]1C[C@@H]2O. The molecule has 1 amide bonds. The van der Waals surface area contributed by atoms with Crippen LogP contribution < -0.4 is 5.32 Å². The number of carbonyl (C=O) groups is 6. The molecule has 0 unspecified atom stereocenters. The highest BCUT2D eigenvalue weighted by Gasteiger charge is 2.78. The molecule has 2 saturated carbocycles. The molecule has 4 aliphatic rings. The van der Waals surface area contributed by atoms with Crippen LogP contribution in [-0.2, 0) is 47.6 Å². The van der Waals surface area contributed by atoms with Gasteiger partial charge in [-0.15, -0.1) is 0 Å². The van der Waals surface area contributed by atoms with Crippen LogP contribution in [0.1, 0.15) is 125 Å². The Hall–Kier alpha value is -4.64. The van der Waals surface area contributed by atoms with Gasteiger partial charge in [-0.05, 0) is 78.2 Å². The van der Waals surface area contributed by atoms with Crippen LogP contribution in [0.3, 0.4) is 0 Å². The number of hydrogen-bond donors (Lipinski definition) is 4. The van der Waals surface area contributed by atoms with E-state index in [9.17, 15) is 39.3 Å². The third kappa shape index (κ3) is 9.45. The van der Waals surface area contributed by atoms with Crippen molar-refractivity contribution in [1.82, 2.24) is 5.32 Å². The van der Waals surface area contributed by atoms with Crippen LogP contribution in [0.15, 0.2) is 53.1 Å². The average Bonchev–Trinajstić information content (AvgIpc) is 3.17. The summed E-state index contributed by atoms with van der Waals surface area (Å²) in [4.78, 5) is 83.9. The number of benzene rings is 1. The Morgan fingerprint density at radius 1 is 1.00 bits per heavy atom. The second-order valence-corrected chi connectivity index (χ2v) is 19.4. The van der Waals surface area contributed by atoms with Gasteiger partial charge in [-0.3, -0.25) is 14.4 Å². The van der Waals surface area contributed by atoms with Gasteiger partial charge < -0.3 is 49.1 Å². The summed E-state index contributed by atoms with van der Waals surface area (Å²) >= 11 is 0. The number of allylic oxidation sites excluding steroid dienone is 1. The maximum Gasteiger partial charge on any atom is 0.408 e. The van der Waals surface area contributed by atoms with Crippen LogP contribution in [0.2, 0.25) is 0 Å². The lowest BCUT2D eigenvalue weighted by atomic mass is 9.44. The molecule has 63 heavy (non-hydrogen) atoms. The van der Waals surface area contributed by atoms with E-state index in [2.05, 4.69) is 5.32 Å². The molecule has 0 spiro atoms. The van der Waals surface area contributed by atoms with Crippen LogP contribution >= 0.6 is 0 Å². The average molecular weight is 884 g/mol. The Bertz CT molecular complexity index is 2000. The Morgan fingerprint density at radius 2 is 1.65 bits per heavy atom. The molecule has 2 bridgehead atoms. The predicted molar refractivity (Wildman–Crippen MR) is 226 cm³/mol. The van der Waals surface area contributed by atoms with Crippen LogP contribution in [0.4, 0.5) is 4.79 Å². The first kappa shape index (κ1) is 49.4. The number of amides is 1. The minimum Gasteiger partial charge on any atom is -0.456 e. The summed E-state index contributed by atoms with van der Waals surface area (Å²) in [6.07, 6.45) is -8.10. The fraction of sp³-hybridized carbons (Fsp3) is 0.660. The highest BCUT2D eigenvalue weighted by atomic mass is 16.6. The normalized spacial score (nSPS) is 31.8. The van der Waals surface area contributed by atoms with Gasteiger partial charge in [0.1, 0.15) is 29.5 Å². The van der Waals surface area contributed by atoms with Gasteiger partial charge in [0.15, 0.2) is 23.6 Å². The van der Waals surface area contributed by atoms with E-state index in [1.54, 1.807) is 73.6 Å². The number of alkyl carbamates (subject to hydrolysis) is 1. The van der Waals surface area contributed by atoms with E-state index >= 15 is 4.79 Å². The summed E-state index contributed by atoms with van der Waals surface area (Å²) in [5.41, 5.74) is -7.88. The van der Waals surface area contributed by atoms with Crippen molar-refractivity contribution in [2.75, 3.05) is 6.61 Å². The van der Waals surface area contributed by atoms with Gasteiger partial charge in [0.05, 0.1) is 35.6 Å². The second-order valence-electron chi connectivity index (χ2n) is 19.4. The van der Waals surface area contributed by atoms with Gasteiger partial charge in [0, 0.05) is 31.6 Å². The molecule has 348 valence electrons. The van der Waals surface area contributed by atoms with Gasteiger partial charge in [0.25, 0.3) is 0 Å². The van der Waals surface area contributed by atoms with Crippen LogP contribution in [0.5, 0.6) is 0 Å². The number of fused-ring (bicyclic) bond motifs is 5. The number of esters is 4. The molecule has 1 aromatic rings. The summed E-state index contributed by atoms with van der Waals surface area (Å²) in [6, 6.07) is 6.52. The first-order valence-electron chi connectivity index (χ1n) is 21.7. The number of nitrogens with one attached hydrogen (secondary N) is 1. The molecule has 4 N–H and O–H groups in total. The molecule has 0 aromatic heterocycles. The number of Topliss-reactive ketones (excluding diaryl/α,β-unsaturated/α-hetero) is 1. The quantitative estimate of drug-likeness (QED) is 0.0886. The number of aliphatic hydroxyl groups excluding tert-OH is 2. The topological polar surface area (TPSA) is 231 Å². The molecular formula is C47H65NO15. The van der Waals surface area contributed by atoms with Crippen molar-refractivity contribution < 1.29 is 72.5 Å². The Kier molecular flexibility index (Phi) is 14.5. The second kappa shape index (κ2) is 18.5. The van der Waals surface area contributed by atoms with E-state index in [0.29, 0.717) is 18.4 Å². The highest BCUT2D eigenvalue weighted by Crippen LogP contribution is 2.64. The first-order chi connectivity index (χ1) is 29.2. The minimum absolute atomic E-state index is 0.0197. The molecule has 1 aliphatic heterocycles. The Labute approximate surface area is 369 Å². The third-order valence-electron chi connectivity index (χ3n) is 13.2. The number of hydrogen-bond acceptors (Lipinski definition) is 15. The van der Waals surface area contributed by atoms with E-state index in [1.165, 1.54) is 25.1 Å². The number of rotatable bonds is 13. The lowest BCUT2D eigenvalue weighted by molar-refractivity contribution is -0.346. The smallest absolute Gasteiger partial charge is 0.408 e. The van der Waals surface area contributed by atoms with E-state index in [0.717, 1.165) is 13.3 Å². The van der Waals surface area contributed by atoms with Gasteiger partial charge >= 0.3 is 30.0 Å². The number of unbranched alkanes of at least 4 members (excludes halogenated alkanes) is 2. The molecule has 3 fully saturated rings. The van der Waals surface area contributed by atoms with Crippen molar-refractivity contribution in [2.45, 2.75) is 174 Å². The minimum atomic E-state index is -2.39. The van der Waals surface area contributed by atoms with Crippen molar-refractivity contribution in [1.29, 1.82) is 0 Å². The number of aliphatic hydroxyl groups is 3. The summed E-state index contributed by atoms with van der Waals surface area (Å²) in [7, 11) is 0. The number of ether oxygens (including phenoxy) is 6. The summed E-state index contributed by atoms with van der Waals surface area (Å²) in [6.45, 7) is 17.3. The van der Waals surface area contributed by atoms with Gasteiger partial charge in [-0.1, -0.05) is 63.5 Å². The predicted octanol–water partition coefficient (Wildman–Crippen LogP) is 4.98. The van der Waals surface area contributed by atoms with Crippen molar-refractivity contribution in [3.8, 4) is 0 Å². The maximum atomic E-state index is 15.7. The van der Waals surface area contributed by atoms with Crippen molar-refractivity contribution >= 4 is 35.8 Å². The summed E-state index contributed by atoms with van der Waals surface area (Å²) in [5.74, 6) is -6.07. The van der Waals surface area contributed by atoms with Crippen molar-refractivity contribution in [3.05, 3.63) is 58.7 Å². The standard InChI is InChI=1S/C47H65NO15/c1-12-13-15-20-33(51)60-36-34-26(4)30(59-41(55)35(52)29(21-25(2)3)48-42(56)63-43(6,7)8)23-47(57,44(34,9)10)39(61-40(54)28-18-16-14-17-19-28)37-45(11,38(36)53)31(50)22-32-46(37,24-58-32)62-27(5)49/h14,16-19,21,29-32,35-37,39,50,52,57H,12-13,15,20,22-24H2,1-11H3,(H,48,56)/t29-,30-,31-,32+,35+,36+,37-,39-,45+,46-,47+/m0/s1. The van der Waals surface area contributed by atoms with E-state index < -0.39 is 118 Å². The van der Waals surface area contributed by atoms with Gasteiger partial charge in [-0.25, -0.2) is 14.4 Å². The molecule has 16 heteroatoms. The maximum absolute atomic E-state index is 15.7. The zero-order valence-corrected chi connectivity index (χ0v) is 38.3. The van der Waals surface area contributed by atoms with E-state index in [1.807, 2.05) is 6.92 Å². The summed E-state index contributed by atoms with van der Waals surface area (Å²) < 4.78 is 36.0. The zero-order valence-electron chi connectivity index (χ0n) is 38.3. The molecule has 3 aliphatic carbocycles. The largest absolute Gasteiger partial charge is 0.456 e.